The summed E-state index contributed by atoms with van der Waals surface area (Å²) in [4.78, 5) is 9.57. The molecular formula is C4H7NaO3. The van der Waals surface area contributed by atoms with Crippen LogP contribution >= 0.6 is 0 Å². The van der Waals surface area contributed by atoms with Gasteiger partial charge in [0, 0.05) is 0 Å². The SMILES string of the molecule is CC[C@@H](O)C(=O)[O-].[Na+]. The molecule has 42 valence electrons. The Morgan fingerprint density at radius 3 is 2.25 bits per heavy atom. The van der Waals surface area contributed by atoms with Crippen molar-refractivity contribution in [2.75, 3.05) is 0 Å². The van der Waals surface area contributed by atoms with Crippen LogP contribution in [0.5, 0.6) is 0 Å². The molecule has 0 aliphatic carbocycles. The minimum absolute atomic E-state index is 0. The number of aliphatic hydroxyl groups excluding tert-OH is 1. The molecule has 3 nitrogen and oxygen atoms in total. The van der Waals surface area contributed by atoms with Crippen molar-refractivity contribution < 1.29 is 44.6 Å². The normalized spacial score (nSPS) is 11.8. The van der Waals surface area contributed by atoms with Gasteiger partial charge in [0.2, 0.25) is 0 Å². The van der Waals surface area contributed by atoms with Crippen LogP contribution in [0.1, 0.15) is 13.3 Å². The van der Waals surface area contributed by atoms with E-state index >= 15 is 0 Å². The number of carbonyl (C=O) groups excluding carboxylic acids is 1. The number of aliphatic carboxylic acids is 1. The van der Waals surface area contributed by atoms with Crippen LogP contribution in [0.4, 0.5) is 0 Å². The van der Waals surface area contributed by atoms with Crippen LogP contribution in [-0.4, -0.2) is 17.2 Å². The summed E-state index contributed by atoms with van der Waals surface area (Å²) in [6, 6.07) is 0. The molecule has 0 aromatic carbocycles. The summed E-state index contributed by atoms with van der Waals surface area (Å²) in [5, 5.41) is 17.8. The molecule has 0 saturated carbocycles. The topological polar surface area (TPSA) is 60.4 Å². The van der Waals surface area contributed by atoms with E-state index in [1.54, 1.807) is 6.92 Å². The standard InChI is InChI=1S/C4H8O3.Na/c1-2-3(5)4(6)7;/h3,5H,2H2,1H3,(H,6,7);/q;+1/p-1/t3-;/m1./s1. The summed E-state index contributed by atoms with van der Waals surface area (Å²) < 4.78 is 0. The van der Waals surface area contributed by atoms with Crippen molar-refractivity contribution in [2.45, 2.75) is 19.4 Å². The van der Waals surface area contributed by atoms with Crippen molar-refractivity contribution in [2.24, 2.45) is 0 Å². The van der Waals surface area contributed by atoms with Crippen LogP contribution in [0, 0.1) is 0 Å². The molecule has 4 heteroatoms. The summed E-state index contributed by atoms with van der Waals surface area (Å²) in [6.45, 7) is 1.57. The van der Waals surface area contributed by atoms with E-state index in [1.807, 2.05) is 0 Å². The first-order chi connectivity index (χ1) is 3.18. The van der Waals surface area contributed by atoms with Crippen LogP contribution in [0.25, 0.3) is 0 Å². The number of rotatable bonds is 2. The number of hydrogen-bond donors (Lipinski definition) is 1. The average molecular weight is 126 g/mol. The average Bonchev–Trinajstić information content (AvgIpc) is 1.65. The van der Waals surface area contributed by atoms with Crippen LogP contribution in [0.3, 0.4) is 0 Å². The molecule has 0 amide bonds. The number of carboxylic acid groups (broad SMARTS) is 1. The van der Waals surface area contributed by atoms with E-state index in [0.29, 0.717) is 0 Å². The fraction of sp³-hybridized carbons (Fsp3) is 0.750. The Balaban J connectivity index is 0. The molecule has 0 unspecified atom stereocenters. The summed E-state index contributed by atoms with van der Waals surface area (Å²) >= 11 is 0. The second kappa shape index (κ2) is 5.56. The van der Waals surface area contributed by atoms with Crippen LogP contribution in [-0.2, 0) is 4.79 Å². The first-order valence-electron chi connectivity index (χ1n) is 2.07. The van der Waals surface area contributed by atoms with E-state index in [9.17, 15) is 9.90 Å². The molecule has 0 aliphatic heterocycles. The van der Waals surface area contributed by atoms with Gasteiger partial charge in [-0.25, -0.2) is 0 Å². The summed E-state index contributed by atoms with van der Waals surface area (Å²) in [5.74, 6) is -1.40. The molecule has 8 heavy (non-hydrogen) atoms. The molecule has 0 aromatic heterocycles. The van der Waals surface area contributed by atoms with Gasteiger partial charge < -0.3 is 15.0 Å². The summed E-state index contributed by atoms with van der Waals surface area (Å²) in [5.41, 5.74) is 0. The number of hydrogen-bond acceptors (Lipinski definition) is 3. The van der Waals surface area contributed by atoms with Gasteiger partial charge >= 0.3 is 29.6 Å². The Morgan fingerprint density at radius 2 is 2.25 bits per heavy atom. The van der Waals surface area contributed by atoms with Gasteiger partial charge in [-0.2, -0.15) is 0 Å². The van der Waals surface area contributed by atoms with Crippen molar-refractivity contribution >= 4 is 5.97 Å². The maximum atomic E-state index is 9.57. The zero-order valence-corrected chi connectivity index (χ0v) is 7.05. The molecule has 0 aliphatic rings. The van der Waals surface area contributed by atoms with E-state index in [4.69, 9.17) is 5.11 Å². The largest absolute Gasteiger partial charge is 1.00 e. The third kappa shape index (κ3) is 4.59. The summed E-state index contributed by atoms with van der Waals surface area (Å²) in [6.07, 6.45) is -1.08. The molecule has 0 spiro atoms. The maximum absolute atomic E-state index is 9.57. The van der Waals surface area contributed by atoms with Crippen molar-refractivity contribution in [3.63, 3.8) is 0 Å². The second-order valence-corrected chi connectivity index (χ2v) is 1.24. The summed E-state index contributed by atoms with van der Waals surface area (Å²) in [7, 11) is 0. The maximum Gasteiger partial charge on any atom is 1.00 e. The van der Waals surface area contributed by atoms with Crippen LogP contribution in [0.2, 0.25) is 0 Å². The zero-order chi connectivity index (χ0) is 5.86. The molecular weight excluding hydrogens is 119 g/mol. The number of aliphatic hydroxyl groups is 1. The van der Waals surface area contributed by atoms with Gasteiger partial charge in [-0.15, -0.1) is 0 Å². The molecule has 0 fully saturated rings. The Labute approximate surface area is 70.0 Å². The number of carboxylic acids is 1. The molecule has 0 heterocycles. The zero-order valence-electron chi connectivity index (χ0n) is 5.05. The molecule has 1 atom stereocenters. The first kappa shape index (κ1) is 11.3. The predicted molar refractivity (Wildman–Crippen MR) is 21.3 cm³/mol. The van der Waals surface area contributed by atoms with E-state index in [-0.39, 0.29) is 36.0 Å². The van der Waals surface area contributed by atoms with Gasteiger partial charge in [-0.05, 0) is 6.42 Å². The van der Waals surface area contributed by atoms with Gasteiger partial charge in [-0.3, -0.25) is 0 Å². The van der Waals surface area contributed by atoms with Gasteiger partial charge in [0.1, 0.15) is 0 Å². The van der Waals surface area contributed by atoms with Crippen molar-refractivity contribution in [1.82, 2.24) is 0 Å². The van der Waals surface area contributed by atoms with Gasteiger partial charge in [0.15, 0.2) is 0 Å². The van der Waals surface area contributed by atoms with Gasteiger partial charge in [0.05, 0.1) is 12.1 Å². The molecule has 0 bridgehead atoms. The van der Waals surface area contributed by atoms with Crippen LogP contribution < -0.4 is 34.7 Å². The molecule has 0 radical (unpaired) electrons. The minimum Gasteiger partial charge on any atom is -0.547 e. The van der Waals surface area contributed by atoms with E-state index < -0.39 is 12.1 Å². The monoisotopic (exact) mass is 126 g/mol. The predicted octanol–water partition coefficient (Wildman–Crippen LogP) is -4.49. The fourth-order valence-corrected chi connectivity index (χ4v) is 0.167. The van der Waals surface area contributed by atoms with E-state index in [0.717, 1.165) is 0 Å². The van der Waals surface area contributed by atoms with Crippen molar-refractivity contribution in [3.05, 3.63) is 0 Å². The van der Waals surface area contributed by atoms with Gasteiger partial charge in [-0.1, -0.05) is 6.92 Å². The van der Waals surface area contributed by atoms with Crippen molar-refractivity contribution in [3.8, 4) is 0 Å². The number of carbonyl (C=O) groups is 1. The van der Waals surface area contributed by atoms with Crippen LogP contribution in [0.15, 0.2) is 0 Å². The Kier molecular flexibility index (Phi) is 7.83. The third-order valence-corrected chi connectivity index (χ3v) is 0.659. The second-order valence-electron chi connectivity index (χ2n) is 1.24. The van der Waals surface area contributed by atoms with E-state index in [2.05, 4.69) is 0 Å². The molecule has 0 saturated heterocycles. The van der Waals surface area contributed by atoms with Crippen molar-refractivity contribution in [1.29, 1.82) is 0 Å². The smallest absolute Gasteiger partial charge is 0.547 e. The Bertz CT molecular complexity index is 73.7. The van der Waals surface area contributed by atoms with E-state index in [1.165, 1.54) is 0 Å². The molecule has 0 aromatic rings. The van der Waals surface area contributed by atoms with Gasteiger partial charge in [0.25, 0.3) is 0 Å². The quantitative estimate of drug-likeness (QED) is 0.379. The Morgan fingerprint density at radius 1 is 1.88 bits per heavy atom. The minimum atomic E-state index is -1.40. The molecule has 1 N–H and O–H groups in total. The fourth-order valence-electron chi connectivity index (χ4n) is 0.167. The molecule has 0 rings (SSSR count). The third-order valence-electron chi connectivity index (χ3n) is 0.659. The Hall–Kier alpha value is 0.430. The first-order valence-corrected chi connectivity index (χ1v) is 2.07.